The van der Waals surface area contributed by atoms with Crippen molar-refractivity contribution in [1.29, 1.82) is 0 Å². The molecule has 0 spiro atoms. The first-order valence-corrected chi connectivity index (χ1v) is 9.28. The number of aromatic nitrogens is 2. The topological polar surface area (TPSA) is 130 Å². The molecule has 1 aromatic heterocycles. The van der Waals surface area contributed by atoms with E-state index in [9.17, 15) is 19.2 Å². The normalized spacial score (nSPS) is 11.4. The zero-order valence-electron chi connectivity index (χ0n) is 15.4. The molecule has 0 bridgehead atoms. The minimum Gasteiger partial charge on any atom is -0.469 e. The van der Waals surface area contributed by atoms with Crippen LogP contribution in [0.1, 0.15) is 23.4 Å². The summed E-state index contributed by atoms with van der Waals surface area (Å²) in [5.41, 5.74) is 0.372. The highest BCUT2D eigenvalue weighted by atomic mass is 32.2. The van der Waals surface area contributed by atoms with Gasteiger partial charge in [0.15, 0.2) is 5.16 Å². The molecule has 0 fully saturated rings. The van der Waals surface area contributed by atoms with Crippen LogP contribution in [-0.4, -0.2) is 41.5 Å². The highest BCUT2D eigenvalue weighted by Gasteiger charge is 2.25. The van der Waals surface area contributed by atoms with Gasteiger partial charge in [-0.1, -0.05) is 42.1 Å². The third kappa shape index (κ3) is 6.23. The fourth-order valence-electron chi connectivity index (χ4n) is 2.24. The Hall–Kier alpha value is -3.14. The smallest absolute Gasteiger partial charge is 0.321 e. The molecule has 148 valence electrons. The molecule has 0 aliphatic rings. The van der Waals surface area contributed by atoms with Crippen LogP contribution in [0.4, 0.5) is 4.79 Å². The molecule has 0 aliphatic heterocycles. The van der Waals surface area contributed by atoms with Gasteiger partial charge < -0.3 is 15.0 Å². The quantitative estimate of drug-likeness (QED) is 0.359. The molecule has 9 nitrogen and oxygen atoms in total. The van der Waals surface area contributed by atoms with Crippen LogP contribution in [0.2, 0.25) is 0 Å². The van der Waals surface area contributed by atoms with Gasteiger partial charge in [-0.3, -0.25) is 19.7 Å². The Morgan fingerprint density at radius 1 is 1.25 bits per heavy atom. The summed E-state index contributed by atoms with van der Waals surface area (Å²) < 4.78 is 4.58. The average molecular weight is 404 g/mol. The number of H-pyrrole nitrogens is 1. The summed E-state index contributed by atoms with van der Waals surface area (Å²) in [6.07, 6.45) is -0.172. The van der Waals surface area contributed by atoms with E-state index < -0.39 is 28.7 Å². The molecule has 3 N–H and O–H groups in total. The van der Waals surface area contributed by atoms with Gasteiger partial charge >= 0.3 is 12.0 Å². The van der Waals surface area contributed by atoms with Gasteiger partial charge in [0.05, 0.1) is 19.2 Å². The Bertz CT molecular complexity index is 900. The van der Waals surface area contributed by atoms with Crippen molar-refractivity contribution in [2.24, 2.45) is 0 Å². The maximum Gasteiger partial charge on any atom is 0.321 e. The molecule has 28 heavy (non-hydrogen) atoms. The molecule has 3 amide bonds. The first-order valence-electron chi connectivity index (χ1n) is 8.40. The molecule has 1 aromatic carbocycles. The van der Waals surface area contributed by atoms with Gasteiger partial charge in [0.1, 0.15) is 5.25 Å². The second-order valence-electron chi connectivity index (χ2n) is 5.55. The lowest BCUT2D eigenvalue weighted by Gasteiger charge is -2.16. The van der Waals surface area contributed by atoms with Crippen molar-refractivity contribution in [3.05, 3.63) is 58.0 Å². The van der Waals surface area contributed by atoms with Crippen molar-refractivity contribution >= 4 is 29.7 Å². The molecule has 1 atom stereocenters. The Morgan fingerprint density at radius 2 is 1.96 bits per heavy atom. The molecule has 0 saturated heterocycles. The second kappa shape index (κ2) is 10.3. The summed E-state index contributed by atoms with van der Waals surface area (Å²) in [7, 11) is 1.24. The molecule has 0 radical (unpaired) electrons. The summed E-state index contributed by atoms with van der Waals surface area (Å²) in [6.45, 7) is 2.10. The predicted molar refractivity (Wildman–Crippen MR) is 103 cm³/mol. The molecule has 0 aliphatic carbocycles. The Morgan fingerprint density at radius 3 is 2.61 bits per heavy atom. The number of urea groups is 1. The number of imide groups is 1. The van der Waals surface area contributed by atoms with Crippen LogP contribution in [0.3, 0.4) is 0 Å². The monoisotopic (exact) mass is 404 g/mol. The SMILES string of the molecule is CCNC(=O)NC(=O)[C@@H](Sc1nc(CC(=O)OC)cc(=O)[nH]1)c1ccccc1. The lowest BCUT2D eigenvalue weighted by Crippen LogP contribution is -2.41. The van der Waals surface area contributed by atoms with E-state index in [1.54, 1.807) is 37.3 Å². The summed E-state index contributed by atoms with van der Waals surface area (Å²) in [5.74, 6) is -1.11. The van der Waals surface area contributed by atoms with Gasteiger partial charge in [-0.25, -0.2) is 9.78 Å². The van der Waals surface area contributed by atoms with Crippen LogP contribution in [-0.2, 0) is 20.7 Å². The van der Waals surface area contributed by atoms with E-state index in [1.807, 2.05) is 0 Å². The Labute approximate surface area is 165 Å². The average Bonchev–Trinajstić information content (AvgIpc) is 2.66. The number of thioether (sulfide) groups is 1. The number of rotatable bonds is 7. The van der Waals surface area contributed by atoms with E-state index in [1.165, 1.54) is 13.2 Å². The van der Waals surface area contributed by atoms with E-state index in [0.29, 0.717) is 12.1 Å². The Kier molecular flexibility index (Phi) is 7.76. The van der Waals surface area contributed by atoms with Gasteiger partial charge in [0, 0.05) is 12.6 Å². The Balaban J connectivity index is 2.30. The van der Waals surface area contributed by atoms with Crippen molar-refractivity contribution < 1.29 is 19.1 Å². The summed E-state index contributed by atoms with van der Waals surface area (Å²) >= 11 is 0.962. The van der Waals surface area contributed by atoms with E-state index in [4.69, 9.17) is 0 Å². The largest absolute Gasteiger partial charge is 0.469 e. The van der Waals surface area contributed by atoms with Gasteiger partial charge in [-0.15, -0.1) is 0 Å². The lowest BCUT2D eigenvalue weighted by atomic mass is 10.1. The number of ether oxygens (including phenoxy) is 1. The second-order valence-corrected chi connectivity index (χ2v) is 6.65. The van der Waals surface area contributed by atoms with E-state index >= 15 is 0 Å². The number of nitrogens with one attached hydrogen (secondary N) is 3. The van der Waals surface area contributed by atoms with Crippen LogP contribution in [0, 0.1) is 0 Å². The van der Waals surface area contributed by atoms with Crippen LogP contribution in [0.5, 0.6) is 0 Å². The number of hydrogen-bond acceptors (Lipinski definition) is 7. The number of carbonyl (C=O) groups is 3. The molecule has 0 saturated carbocycles. The van der Waals surface area contributed by atoms with Crippen molar-refractivity contribution in [2.75, 3.05) is 13.7 Å². The number of methoxy groups -OCH3 is 1. The van der Waals surface area contributed by atoms with Crippen LogP contribution >= 0.6 is 11.8 Å². The fraction of sp³-hybridized carbons (Fsp3) is 0.278. The molecule has 2 aromatic rings. The number of hydrogen-bond donors (Lipinski definition) is 3. The zero-order valence-corrected chi connectivity index (χ0v) is 16.2. The third-order valence-corrected chi connectivity index (χ3v) is 4.61. The van der Waals surface area contributed by atoms with Gasteiger partial charge in [-0.2, -0.15) is 0 Å². The number of aromatic amines is 1. The highest BCUT2D eigenvalue weighted by molar-refractivity contribution is 8.00. The van der Waals surface area contributed by atoms with E-state index in [2.05, 4.69) is 25.3 Å². The number of amides is 3. The fourth-order valence-corrected chi connectivity index (χ4v) is 3.26. The van der Waals surface area contributed by atoms with Crippen molar-refractivity contribution in [2.45, 2.75) is 23.8 Å². The highest BCUT2D eigenvalue weighted by Crippen LogP contribution is 2.33. The zero-order chi connectivity index (χ0) is 20.5. The van der Waals surface area contributed by atoms with Gasteiger partial charge in [-0.05, 0) is 12.5 Å². The maximum absolute atomic E-state index is 12.6. The van der Waals surface area contributed by atoms with Crippen molar-refractivity contribution in [3.63, 3.8) is 0 Å². The molecular formula is C18H20N4O5S. The molecule has 0 unspecified atom stereocenters. The molecule has 10 heteroatoms. The van der Waals surface area contributed by atoms with E-state index in [-0.39, 0.29) is 17.3 Å². The maximum atomic E-state index is 12.6. The van der Waals surface area contributed by atoms with Crippen LogP contribution in [0.25, 0.3) is 0 Å². The molecular weight excluding hydrogens is 384 g/mol. The van der Waals surface area contributed by atoms with Crippen molar-refractivity contribution in [3.8, 4) is 0 Å². The first-order chi connectivity index (χ1) is 13.4. The number of esters is 1. The van der Waals surface area contributed by atoms with Gasteiger partial charge in [0.2, 0.25) is 5.91 Å². The number of nitrogens with zero attached hydrogens (tertiary/aromatic N) is 1. The predicted octanol–water partition coefficient (Wildman–Crippen LogP) is 1.16. The van der Waals surface area contributed by atoms with Crippen molar-refractivity contribution in [1.82, 2.24) is 20.6 Å². The lowest BCUT2D eigenvalue weighted by molar-refractivity contribution is -0.139. The molecule has 2 rings (SSSR count). The summed E-state index contributed by atoms with van der Waals surface area (Å²) in [6, 6.07) is 9.33. The molecule has 1 heterocycles. The standard InChI is InChI=1S/C18H20N4O5S/c1-3-19-17(26)22-16(25)15(11-7-5-4-6-8-11)28-18-20-12(9-13(23)21-18)10-14(24)27-2/h4-9,15H,3,10H2,1-2H3,(H,20,21,23)(H2,19,22,25,26)/t15-/m0/s1. The minimum absolute atomic E-state index is 0.145. The van der Waals surface area contributed by atoms with Crippen LogP contribution in [0.15, 0.2) is 46.3 Å². The minimum atomic E-state index is -0.847. The number of carbonyl (C=O) groups excluding carboxylic acids is 3. The summed E-state index contributed by atoms with van der Waals surface area (Å²) in [5, 5.41) is 4.05. The first kappa shape index (κ1) is 21.2. The van der Waals surface area contributed by atoms with Gasteiger partial charge in [0.25, 0.3) is 5.56 Å². The number of benzene rings is 1. The van der Waals surface area contributed by atoms with E-state index in [0.717, 1.165) is 11.8 Å². The summed E-state index contributed by atoms with van der Waals surface area (Å²) in [4.78, 5) is 54.5. The van der Waals surface area contributed by atoms with Crippen LogP contribution < -0.4 is 16.2 Å². The third-order valence-electron chi connectivity index (χ3n) is 3.47.